The minimum atomic E-state index is -4.63. The van der Waals surface area contributed by atoms with Gasteiger partial charge in [0, 0.05) is 12.6 Å². The summed E-state index contributed by atoms with van der Waals surface area (Å²) in [5.74, 6) is -0.838. The van der Waals surface area contributed by atoms with Gasteiger partial charge >= 0.3 is 6.18 Å². The number of rotatable bonds is 6. The van der Waals surface area contributed by atoms with Crippen LogP contribution in [0.5, 0.6) is 5.88 Å². The normalized spacial score (nSPS) is 11.1. The lowest BCUT2D eigenvalue weighted by molar-refractivity contribution is -0.141. The van der Waals surface area contributed by atoms with E-state index in [0.717, 1.165) is 5.56 Å². The van der Waals surface area contributed by atoms with E-state index in [1.807, 2.05) is 0 Å². The van der Waals surface area contributed by atoms with Crippen LogP contribution in [0, 0.1) is 5.82 Å². The highest BCUT2D eigenvalue weighted by atomic mass is 32.1. The van der Waals surface area contributed by atoms with Crippen LogP contribution in [-0.4, -0.2) is 28.7 Å². The molecular formula is C16H16F4N4OS. The molecule has 0 aliphatic rings. The molecule has 2 rings (SSSR count). The van der Waals surface area contributed by atoms with Crippen LogP contribution < -0.4 is 15.4 Å². The quantitative estimate of drug-likeness (QED) is 0.448. The number of ether oxygens (including phenoxy) is 1. The van der Waals surface area contributed by atoms with Gasteiger partial charge < -0.3 is 15.4 Å². The average Bonchev–Trinajstić information content (AvgIpc) is 2.59. The Labute approximate surface area is 152 Å². The van der Waals surface area contributed by atoms with Crippen molar-refractivity contribution in [1.82, 2.24) is 15.3 Å². The van der Waals surface area contributed by atoms with Gasteiger partial charge in [-0.25, -0.2) is 9.37 Å². The number of methoxy groups -OCH3 is 1. The minimum Gasteiger partial charge on any atom is -0.481 e. The molecule has 10 heteroatoms. The van der Waals surface area contributed by atoms with Crippen LogP contribution in [0.2, 0.25) is 0 Å². The summed E-state index contributed by atoms with van der Waals surface area (Å²) in [5.41, 5.74) is -0.163. The highest BCUT2D eigenvalue weighted by Crippen LogP contribution is 2.30. The summed E-state index contributed by atoms with van der Waals surface area (Å²) in [6.45, 7) is 0.472. The predicted octanol–water partition coefficient (Wildman–Crippen LogP) is 3.56. The van der Waals surface area contributed by atoms with Crippen LogP contribution in [0.1, 0.15) is 17.7 Å². The lowest BCUT2D eigenvalue weighted by Gasteiger charge is -2.12. The summed E-state index contributed by atoms with van der Waals surface area (Å²) in [4.78, 5) is 7.17. The monoisotopic (exact) mass is 388 g/mol. The lowest BCUT2D eigenvalue weighted by Crippen LogP contribution is -2.30. The Bertz CT molecular complexity index is 753. The Balaban J connectivity index is 1.86. The molecule has 0 unspecified atom stereocenters. The zero-order chi connectivity index (χ0) is 19.2. The van der Waals surface area contributed by atoms with Crippen molar-refractivity contribution in [1.29, 1.82) is 0 Å². The minimum absolute atomic E-state index is 0.0884. The first-order chi connectivity index (χ1) is 12.3. The smallest absolute Gasteiger partial charge is 0.433 e. The van der Waals surface area contributed by atoms with Crippen LogP contribution in [0.4, 0.5) is 23.5 Å². The number of hydrogen-bond donors (Lipinski definition) is 2. The van der Waals surface area contributed by atoms with E-state index in [1.165, 1.54) is 19.2 Å². The maximum atomic E-state index is 12.8. The number of anilines is 1. The molecule has 0 radical (unpaired) electrons. The third-order valence-corrected chi connectivity index (χ3v) is 3.51. The first-order valence-electron chi connectivity index (χ1n) is 7.57. The summed E-state index contributed by atoms with van der Waals surface area (Å²) in [5, 5.41) is 5.44. The van der Waals surface area contributed by atoms with E-state index in [0.29, 0.717) is 25.5 Å². The van der Waals surface area contributed by atoms with Gasteiger partial charge in [-0.3, -0.25) is 0 Å². The molecule has 2 N–H and O–H groups in total. The summed E-state index contributed by atoms with van der Waals surface area (Å²) in [6, 6.07) is 6.84. The van der Waals surface area contributed by atoms with Crippen molar-refractivity contribution in [3.8, 4) is 5.88 Å². The number of nitrogens with one attached hydrogen (secondary N) is 2. The molecule has 26 heavy (non-hydrogen) atoms. The molecule has 0 bridgehead atoms. The summed E-state index contributed by atoms with van der Waals surface area (Å²) in [6.07, 6.45) is -3.24. The van der Waals surface area contributed by atoms with E-state index in [4.69, 9.17) is 17.0 Å². The van der Waals surface area contributed by atoms with Crippen molar-refractivity contribution in [3.05, 3.63) is 47.4 Å². The second-order valence-corrected chi connectivity index (χ2v) is 5.64. The van der Waals surface area contributed by atoms with Crippen molar-refractivity contribution in [2.45, 2.75) is 19.0 Å². The van der Waals surface area contributed by atoms with Crippen molar-refractivity contribution in [2.24, 2.45) is 0 Å². The van der Waals surface area contributed by atoms with Gasteiger partial charge in [-0.05, 0) is 42.8 Å². The molecule has 0 saturated carbocycles. The Hall–Kier alpha value is -2.49. The highest BCUT2D eigenvalue weighted by Gasteiger charge is 2.34. The van der Waals surface area contributed by atoms with Gasteiger partial charge in [-0.2, -0.15) is 18.2 Å². The van der Waals surface area contributed by atoms with E-state index in [2.05, 4.69) is 20.6 Å². The van der Waals surface area contributed by atoms with Crippen LogP contribution in [-0.2, 0) is 12.6 Å². The number of thiocarbonyl (C=S) groups is 1. The molecule has 0 aliphatic carbocycles. The van der Waals surface area contributed by atoms with E-state index in [-0.39, 0.29) is 22.8 Å². The topological polar surface area (TPSA) is 59.1 Å². The molecular weight excluding hydrogens is 372 g/mol. The zero-order valence-corrected chi connectivity index (χ0v) is 14.5. The Morgan fingerprint density at radius 2 is 1.88 bits per heavy atom. The van der Waals surface area contributed by atoms with E-state index >= 15 is 0 Å². The molecule has 1 aromatic heterocycles. The zero-order valence-electron chi connectivity index (χ0n) is 13.7. The largest absolute Gasteiger partial charge is 0.481 e. The molecule has 0 amide bonds. The molecule has 0 atom stereocenters. The van der Waals surface area contributed by atoms with Crippen LogP contribution >= 0.6 is 12.2 Å². The molecule has 2 aromatic rings. The van der Waals surface area contributed by atoms with Gasteiger partial charge in [0.1, 0.15) is 5.82 Å². The standard InChI is InChI=1S/C16H16F4N4OS/c1-25-13-9-12(16(18,19)20)22-14(23-13)24-15(26)21-8-2-3-10-4-6-11(17)7-5-10/h4-7,9H,2-3,8H2,1H3,(H2,21,22,23,24,26). The molecule has 0 spiro atoms. The third-order valence-electron chi connectivity index (χ3n) is 3.27. The number of aromatic nitrogens is 2. The van der Waals surface area contributed by atoms with E-state index in [1.54, 1.807) is 12.1 Å². The summed E-state index contributed by atoms with van der Waals surface area (Å²) in [7, 11) is 1.21. The average molecular weight is 388 g/mol. The molecule has 140 valence electrons. The van der Waals surface area contributed by atoms with Gasteiger partial charge in [0.25, 0.3) is 0 Å². The number of alkyl halides is 3. The van der Waals surface area contributed by atoms with Crippen molar-refractivity contribution in [3.63, 3.8) is 0 Å². The highest BCUT2D eigenvalue weighted by molar-refractivity contribution is 7.80. The second kappa shape index (κ2) is 8.75. The first kappa shape index (κ1) is 19.8. The molecule has 0 saturated heterocycles. The fourth-order valence-electron chi connectivity index (χ4n) is 2.02. The van der Waals surface area contributed by atoms with Crippen molar-refractivity contribution >= 4 is 23.3 Å². The van der Waals surface area contributed by atoms with Gasteiger partial charge in [0.2, 0.25) is 11.8 Å². The SMILES string of the molecule is COc1cc(C(F)(F)F)nc(NC(=S)NCCCc2ccc(F)cc2)n1. The number of aryl methyl sites for hydroxylation is 1. The second-order valence-electron chi connectivity index (χ2n) is 5.23. The van der Waals surface area contributed by atoms with Gasteiger partial charge in [-0.1, -0.05) is 12.1 Å². The maximum absolute atomic E-state index is 12.8. The molecule has 1 aromatic carbocycles. The Kier molecular flexibility index (Phi) is 6.67. The summed E-state index contributed by atoms with van der Waals surface area (Å²) >= 11 is 5.03. The fourth-order valence-corrected chi connectivity index (χ4v) is 2.22. The molecule has 5 nitrogen and oxygen atoms in total. The number of hydrogen-bond acceptors (Lipinski definition) is 4. The third kappa shape index (κ3) is 6.10. The van der Waals surface area contributed by atoms with Crippen LogP contribution in [0.25, 0.3) is 0 Å². The predicted molar refractivity (Wildman–Crippen MR) is 92.5 cm³/mol. The number of halogens is 4. The molecule has 0 fully saturated rings. The number of benzene rings is 1. The van der Waals surface area contributed by atoms with Crippen molar-refractivity contribution in [2.75, 3.05) is 19.0 Å². The van der Waals surface area contributed by atoms with E-state index < -0.39 is 11.9 Å². The van der Waals surface area contributed by atoms with Crippen molar-refractivity contribution < 1.29 is 22.3 Å². The Morgan fingerprint density at radius 3 is 2.50 bits per heavy atom. The maximum Gasteiger partial charge on any atom is 0.433 e. The van der Waals surface area contributed by atoms with E-state index in [9.17, 15) is 17.6 Å². The van der Waals surface area contributed by atoms with Gasteiger partial charge in [-0.15, -0.1) is 0 Å². The van der Waals surface area contributed by atoms with Crippen LogP contribution in [0.15, 0.2) is 30.3 Å². The lowest BCUT2D eigenvalue weighted by atomic mass is 10.1. The number of nitrogens with zero attached hydrogens (tertiary/aromatic N) is 2. The van der Waals surface area contributed by atoms with Gasteiger partial charge in [0.05, 0.1) is 7.11 Å². The van der Waals surface area contributed by atoms with Crippen LogP contribution in [0.3, 0.4) is 0 Å². The van der Waals surface area contributed by atoms with Gasteiger partial charge in [0.15, 0.2) is 10.8 Å². The Morgan fingerprint density at radius 1 is 1.19 bits per heavy atom. The summed E-state index contributed by atoms with van der Waals surface area (Å²) < 4.78 is 56.0. The fraction of sp³-hybridized carbons (Fsp3) is 0.312. The molecule has 1 heterocycles. The molecule has 0 aliphatic heterocycles. The first-order valence-corrected chi connectivity index (χ1v) is 7.98.